The van der Waals surface area contributed by atoms with Gasteiger partial charge in [0.25, 0.3) is 0 Å². The van der Waals surface area contributed by atoms with Gasteiger partial charge in [-0.1, -0.05) is 12.1 Å². The Balaban J connectivity index is 1.15. The lowest BCUT2D eigenvalue weighted by atomic mass is 9.96. The van der Waals surface area contributed by atoms with Crippen LogP contribution >= 0.6 is 0 Å². The number of carbonyl (C=O) groups excluding carboxylic acids is 1. The van der Waals surface area contributed by atoms with Gasteiger partial charge in [-0.15, -0.1) is 0 Å². The van der Waals surface area contributed by atoms with Crippen molar-refractivity contribution in [2.75, 3.05) is 19.8 Å². The van der Waals surface area contributed by atoms with Gasteiger partial charge in [0, 0.05) is 23.8 Å². The van der Waals surface area contributed by atoms with Gasteiger partial charge >= 0.3 is 5.97 Å². The number of esters is 1. The van der Waals surface area contributed by atoms with Gasteiger partial charge < -0.3 is 124 Å². The van der Waals surface area contributed by atoms with Gasteiger partial charge in [0.15, 0.2) is 24.4 Å². The highest BCUT2D eigenvalue weighted by atomic mass is 16.8. The van der Waals surface area contributed by atoms with Crippen molar-refractivity contribution in [1.29, 1.82) is 0 Å². The van der Waals surface area contributed by atoms with E-state index in [0.29, 0.717) is 5.56 Å². The van der Waals surface area contributed by atoms with Crippen molar-refractivity contribution in [3.63, 3.8) is 0 Å². The van der Waals surface area contributed by atoms with E-state index in [4.69, 9.17) is 47.0 Å². The van der Waals surface area contributed by atoms with Gasteiger partial charge in [-0.25, -0.2) is 4.79 Å². The summed E-state index contributed by atoms with van der Waals surface area (Å²) in [5.41, 5.74) is -1.08. The molecule has 27 nitrogen and oxygen atoms in total. The second-order valence-electron chi connectivity index (χ2n) is 18.1. The molecular weight excluding hydrogens is 1010 g/mol. The van der Waals surface area contributed by atoms with Crippen LogP contribution < -0.4 is 14.9 Å². The molecule has 0 radical (unpaired) electrons. The molecule has 0 aliphatic carbocycles. The molecule has 4 aromatic rings. The highest BCUT2D eigenvalue weighted by Gasteiger charge is 2.55. The van der Waals surface area contributed by atoms with Crippen LogP contribution in [0, 0.1) is 0 Å². The predicted molar refractivity (Wildman–Crippen MR) is 245 cm³/mol. The van der Waals surface area contributed by atoms with Gasteiger partial charge in [0.05, 0.1) is 19.3 Å². The Morgan fingerprint density at radius 2 is 1.12 bits per heavy atom. The summed E-state index contributed by atoms with van der Waals surface area (Å²) in [6.45, 7) is -1.35. The number of benzene rings is 3. The van der Waals surface area contributed by atoms with E-state index in [9.17, 15) is 86.2 Å². The van der Waals surface area contributed by atoms with Crippen LogP contribution in [0.4, 0.5) is 0 Å². The van der Waals surface area contributed by atoms with Crippen LogP contribution in [-0.4, -0.2) is 225 Å². The van der Waals surface area contributed by atoms with Crippen LogP contribution in [0.5, 0.6) is 28.7 Å². The summed E-state index contributed by atoms with van der Waals surface area (Å²) in [6, 6.07) is 12.7. The van der Waals surface area contributed by atoms with Gasteiger partial charge in [-0.05, 0) is 55.0 Å². The van der Waals surface area contributed by atoms with Crippen LogP contribution in [0.3, 0.4) is 0 Å². The Labute approximate surface area is 422 Å². The maximum atomic E-state index is 14.7. The molecule has 0 spiro atoms. The largest absolute Gasteiger partial charge is 0.508 e. The average molecular weight is 1060 g/mol. The first kappa shape index (κ1) is 55.6. The number of hydrogen-bond acceptors (Lipinski definition) is 27. The first-order chi connectivity index (χ1) is 35.7. The van der Waals surface area contributed by atoms with E-state index in [1.807, 2.05) is 0 Å². The topological polar surface area (TPSA) is 434 Å². The number of aliphatic hydroxyl groups excluding tert-OH is 12. The van der Waals surface area contributed by atoms with Crippen molar-refractivity contribution in [3.8, 4) is 40.1 Å². The summed E-state index contributed by atoms with van der Waals surface area (Å²) in [6.07, 6.45) is -35.4. The van der Waals surface area contributed by atoms with Crippen LogP contribution in [0.25, 0.3) is 28.4 Å². The second kappa shape index (κ2) is 23.3. The van der Waals surface area contributed by atoms with Crippen molar-refractivity contribution in [2.24, 2.45) is 0 Å². The molecule has 4 saturated heterocycles. The zero-order chi connectivity index (χ0) is 54.2. The van der Waals surface area contributed by atoms with E-state index in [-0.39, 0.29) is 22.8 Å². The third-order valence-electron chi connectivity index (χ3n) is 12.9. The predicted octanol–water partition coefficient (Wildman–Crippen LogP) is -4.13. The summed E-state index contributed by atoms with van der Waals surface area (Å²) in [5, 5.41) is 159. The van der Waals surface area contributed by atoms with Crippen molar-refractivity contribution >= 4 is 23.0 Å². The quantitative estimate of drug-likeness (QED) is 0.0397. The summed E-state index contributed by atoms with van der Waals surface area (Å²) < 4.78 is 58.1. The lowest BCUT2D eigenvalue weighted by Crippen LogP contribution is -2.67. The smallest absolute Gasteiger partial charge is 0.330 e. The second-order valence-corrected chi connectivity index (χ2v) is 18.1. The van der Waals surface area contributed by atoms with Crippen molar-refractivity contribution < 1.29 is 128 Å². The third-order valence-corrected chi connectivity index (χ3v) is 12.9. The van der Waals surface area contributed by atoms with Crippen LogP contribution in [0.2, 0.25) is 0 Å². The Morgan fingerprint density at radius 3 is 1.76 bits per heavy atom. The SMILES string of the molecule is CC1OC(Oc2cc(O)c3c(=O)c(OC4OC(CO)C(O)C(O)C4OC4OC(COC(=O)C=Cc5ccc(O)cc5)C(O)C(O)C4OC4OC(CO)C(O)C(O)C4O)c(-c4ccc(O)cc4)oc3c2)C(O)C(O)C1O. The molecule has 27 heteroatoms. The maximum absolute atomic E-state index is 14.7. The first-order valence-electron chi connectivity index (χ1n) is 23.2. The normalized spacial score (nSPS) is 36.3. The number of ether oxygens (including phenoxy) is 9. The molecule has 3 aromatic carbocycles. The molecule has 4 fully saturated rings. The molecule has 410 valence electrons. The van der Waals surface area contributed by atoms with Gasteiger partial charge in [0.1, 0.15) is 126 Å². The van der Waals surface area contributed by atoms with Gasteiger partial charge in [-0.3, -0.25) is 4.79 Å². The monoisotopic (exact) mass is 1060 g/mol. The molecule has 4 aliphatic heterocycles. The number of carbonyl (C=O) groups is 1. The number of fused-ring (bicyclic) bond motifs is 1. The molecule has 20 unspecified atom stereocenters. The molecule has 15 N–H and O–H groups in total. The van der Waals surface area contributed by atoms with Crippen molar-refractivity contribution in [1.82, 2.24) is 0 Å². The molecule has 4 aliphatic rings. The number of hydrogen-bond donors (Lipinski definition) is 15. The van der Waals surface area contributed by atoms with Crippen molar-refractivity contribution in [3.05, 3.63) is 82.5 Å². The molecular formula is C48H56O27. The van der Waals surface area contributed by atoms with Gasteiger partial charge in [-0.2, -0.15) is 0 Å². The number of aromatic hydroxyl groups is 3. The molecule has 8 rings (SSSR count). The van der Waals surface area contributed by atoms with E-state index < -0.39 is 182 Å². The number of phenolic OH excluding ortho intramolecular Hbond substituents is 3. The molecule has 0 amide bonds. The fourth-order valence-corrected chi connectivity index (χ4v) is 8.64. The van der Waals surface area contributed by atoms with Crippen molar-refractivity contribution in [2.45, 2.75) is 130 Å². The lowest BCUT2D eigenvalue weighted by molar-refractivity contribution is -0.389. The standard InChI is InChI=1S/C48H56O27/c1-17-30(55)35(60)39(64)45(67-17)68-22-12-23(53)29-24(13-22)69-41(19-5-9-21(52)10-6-19)42(34(29)59)73-47-44(37(62)32(57)26(15-50)71-47)75-48-43(74-46-40(65)36(61)31(56)25(14-49)70-46)38(63)33(58)27(72-48)16-66-28(54)11-4-18-2-7-20(51)8-3-18/h2-13,17,25-27,30-33,35-40,43-53,55-58,60-65H,14-16H2,1H3. The first-order valence-corrected chi connectivity index (χ1v) is 23.2. The zero-order valence-corrected chi connectivity index (χ0v) is 39.2. The molecule has 20 atom stereocenters. The van der Waals surface area contributed by atoms with E-state index >= 15 is 0 Å². The fraction of sp³-hybridized carbons (Fsp3) is 0.500. The Bertz CT molecular complexity index is 2660. The van der Waals surface area contributed by atoms with Crippen LogP contribution in [-0.2, 0) is 38.0 Å². The molecule has 75 heavy (non-hydrogen) atoms. The molecule has 5 heterocycles. The van der Waals surface area contributed by atoms with E-state index in [1.165, 1.54) is 61.5 Å². The van der Waals surface area contributed by atoms with E-state index in [0.717, 1.165) is 18.2 Å². The van der Waals surface area contributed by atoms with E-state index in [2.05, 4.69) is 0 Å². The Morgan fingerprint density at radius 1 is 0.587 bits per heavy atom. The highest BCUT2D eigenvalue weighted by molar-refractivity contribution is 5.88. The van der Waals surface area contributed by atoms with Crippen LogP contribution in [0.15, 0.2) is 76.0 Å². The maximum Gasteiger partial charge on any atom is 0.330 e. The van der Waals surface area contributed by atoms with Gasteiger partial charge in [0.2, 0.25) is 23.8 Å². The highest BCUT2D eigenvalue weighted by Crippen LogP contribution is 2.40. The molecule has 0 saturated carbocycles. The summed E-state index contributed by atoms with van der Waals surface area (Å²) in [4.78, 5) is 27.5. The fourth-order valence-electron chi connectivity index (χ4n) is 8.64. The Kier molecular flexibility index (Phi) is 17.3. The Hall–Kier alpha value is -5.64. The number of aliphatic hydroxyl groups is 12. The number of phenols is 3. The summed E-state index contributed by atoms with van der Waals surface area (Å²) >= 11 is 0. The van der Waals surface area contributed by atoms with E-state index in [1.54, 1.807) is 0 Å². The lowest BCUT2D eigenvalue weighted by Gasteiger charge is -2.48. The molecule has 1 aromatic heterocycles. The third kappa shape index (κ3) is 11.7. The minimum absolute atomic E-state index is 0.00756. The minimum Gasteiger partial charge on any atom is -0.508 e. The zero-order valence-electron chi connectivity index (χ0n) is 39.2. The molecule has 0 bridgehead atoms. The number of rotatable bonds is 15. The minimum atomic E-state index is -2.21. The van der Waals surface area contributed by atoms with Crippen LogP contribution in [0.1, 0.15) is 12.5 Å². The average Bonchev–Trinajstić information content (AvgIpc) is 3.39. The summed E-state index contributed by atoms with van der Waals surface area (Å²) in [5.74, 6) is -3.65. The summed E-state index contributed by atoms with van der Waals surface area (Å²) in [7, 11) is 0.